The summed E-state index contributed by atoms with van der Waals surface area (Å²) in [6, 6.07) is 6.12. The van der Waals surface area contributed by atoms with E-state index in [-0.39, 0.29) is 109 Å². The van der Waals surface area contributed by atoms with Gasteiger partial charge < -0.3 is 81.3 Å². The third-order valence-corrected chi connectivity index (χ3v) is 11.9. The smallest absolute Gasteiger partial charge is 0.326 e. The summed E-state index contributed by atoms with van der Waals surface area (Å²) in [5.41, 5.74) is 29.8. The zero-order valence-electron chi connectivity index (χ0n) is 41.3. The van der Waals surface area contributed by atoms with Gasteiger partial charge in [0.1, 0.15) is 42.3 Å². The SMILES string of the molecule is CC(=O)N[C@@H](CCCN=C(N)N)C(=O)N[C@H]1CCNC(=O)CCC[C@@H](C(=O)O)NC(=O)[C@H](Cc2c[nH]c3ccccc23)NC(=O)[C@H](CCCN=C(N)N)NC(=O)[C@@H](Cc2ccccc2)NC(=O)[C@H](CCN)NC1=O. The summed E-state index contributed by atoms with van der Waals surface area (Å²) in [6.45, 7) is 1.03. The number of rotatable bonds is 18. The molecule has 2 heterocycles. The number of carbonyl (C=O) groups is 9. The highest BCUT2D eigenvalue weighted by atomic mass is 16.4. The van der Waals surface area contributed by atoms with Gasteiger partial charge in [-0.1, -0.05) is 48.5 Å². The van der Waals surface area contributed by atoms with E-state index < -0.39 is 95.5 Å². The van der Waals surface area contributed by atoms with Crippen LogP contribution in [0.25, 0.3) is 10.9 Å². The lowest BCUT2D eigenvalue weighted by Crippen LogP contribution is -2.60. The number of aromatic nitrogens is 1. The lowest BCUT2D eigenvalue weighted by Gasteiger charge is -2.28. The van der Waals surface area contributed by atoms with Crippen molar-refractivity contribution in [1.29, 1.82) is 0 Å². The molecule has 1 saturated heterocycles. The Balaban J connectivity index is 1.75. The van der Waals surface area contributed by atoms with Crippen LogP contribution in [0, 0.1) is 0 Å². The Morgan fingerprint density at radius 2 is 1.30 bits per heavy atom. The zero-order valence-corrected chi connectivity index (χ0v) is 41.3. The Morgan fingerprint density at radius 1 is 0.716 bits per heavy atom. The normalized spacial score (nSPS) is 21.2. The van der Waals surface area contributed by atoms with Crippen molar-refractivity contribution in [2.75, 3.05) is 26.2 Å². The second-order valence-electron chi connectivity index (χ2n) is 17.7. The number of aliphatic imine (C=N–C) groups is 2. The molecule has 1 fully saturated rings. The highest BCUT2D eigenvalue weighted by Crippen LogP contribution is 2.20. The van der Waals surface area contributed by atoms with Crippen LogP contribution >= 0.6 is 0 Å². The number of hydrogen-bond acceptors (Lipinski definition) is 12. The van der Waals surface area contributed by atoms with Crippen molar-refractivity contribution in [2.45, 2.75) is 120 Å². The van der Waals surface area contributed by atoms with Gasteiger partial charge in [0.15, 0.2) is 11.9 Å². The van der Waals surface area contributed by atoms with Gasteiger partial charge in [-0.15, -0.1) is 0 Å². The molecule has 0 radical (unpaired) electrons. The van der Waals surface area contributed by atoms with Crippen molar-refractivity contribution < 1.29 is 48.3 Å². The fraction of sp³-hybridized carbons (Fsp3) is 0.479. The predicted octanol–water partition coefficient (Wildman–Crippen LogP) is -3.40. The van der Waals surface area contributed by atoms with Crippen LogP contribution in [0.1, 0.15) is 75.8 Å². The molecular weight excluding hydrogens is 961 g/mol. The highest BCUT2D eigenvalue weighted by molar-refractivity contribution is 5.98. The summed E-state index contributed by atoms with van der Waals surface area (Å²) >= 11 is 0. The predicted molar refractivity (Wildman–Crippen MR) is 274 cm³/mol. The van der Waals surface area contributed by atoms with E-state index in [1.54, 1.807) is 42.6 Å². The van der Waals surface area contributed by atoms with Gasteiger partial charge in [0.25, 0.3) is 0 Å². The first-order valence-electron chi connectivity index (χ1n) is 24.3. The number of carbonyl (C=O) groups excluding carboxylic acids is 8. The summed E-state index contributed by atoms with van der Waals surface area (Å²) < 4.78 is 0. The molecule has 1 aromatic heterocycles. The molecule has 0 unspecified atom stereocenters. The molecular formula is C48H70N16O10. The number of nitrogens with zero attached hydrogens (tertiary/aromatic N) is 2. The Hall–Kier alpha value is -8.29. The lowest BCUT2D eigenvalue weighted by molar-refractivity contribution is -0.142. The summed E-state index contributed by atoms with van der Waals surface area (Å²) in [4.78, 5) is 134. The first-order chi connectivity index (χ1) is 35.3. The van der Waals surface area contributed by atoms with E-state index in [2.05, 4.69) is 57.5 Å². The molecule has 0 saturated carbocycles. The standard InChI is InChI=1S/C48H70N16O10/c1-27(65)58-32(15-8-21-55-47(50)51)40(67)61-35-19-23-54-39(66)17-7-14-36(46(73)74)62-45(72)38(25-29-26-57-31-13-6-5-12-30(29)31)64-41(68)33(16-9-22-56-48(52)53)59-44(71)37(24-28-10-3-2-4-11-28)63-42(69)34(18-20-49)60-43(35)70/h2-6,10-13,26,32-38,57H,7-9,14-25,49H2,1H3,(H,54,66)(H,58,65)(H,59,71)(H,60,70)(H,61,67)(H,62,72)(H,63,69)(H,64,68)(H,73,74)(H4,50,51,55)(H4,52,53,56)/t32-,33-,34-,35-,36-,37+,38-/m0/s1. The van der Waals surface area contributed by atoms with Gasteiger partial charge in [-0.3, -0.25) is 48.3 Å². The number of nitrogens with one attached hydrogen (secondary N) is 9. The van der Waals surface area contributed by atoms with Gasteiger partial charge in [0.2, 0.25) is 47.3 Å². The minimum Gasteiger partial charge on any atom is -0.480 e. The second-order valence-corrected chi connectivity index (χ2v) is 17.7. The Kier molecular flexibility index (Phi) is 23.6. The van der Waals surface area contributed by atoms with Crippen LogP contribution in [0.4, 0.5) is 0 Å². The van der Waals surface area contributed by atoms with E-state index >= 15 is 0 Å². The van der Waals surface area contributed by atoms with Crippen molar-refractivity contribution >= 4 is 76.0 Å². The zero-order chi connectivity index (χ0) is 54.2. The minimum absolute atomic E-state index is 0.0363. The van der Waals surface area contributed by atoms with E-state index in [0.717, 1.165) is 10.9 Å². The summed E-state index contributed by atoms with van der Waals surface area (Å²) in [5.74, 6) is -7.99. The number of fused-ring (bicyclic) bond motifs is 1. The molecule has 20 N–H and O–H groups in total. The van der Waals surface area contributed by atoms with Gasteiger partial charge in [0, 0.05) is 62.9 Å². The summed E-state index contributed by atoms with van der Waals surface area (Å²) in [5, 5.41) is 32.0. The topological polar surface area (TPSA) is 441 Å². The van der Waals surface area contributed by atoms with Crippen LogP contribution < -0.4 is 71.2 Å². The first-order valence-corrected chi connectivity index (χ1v) is 24.3. The monoisotopic (exact) mass is 1030 g/mol. The lowest BCUT2D eigenvalue weighted by atomic mass is 10.0. The number of amides is 8. The molecule has 3 aromatic rings. The Bertz CT molecular complexity index is 2480. The average Bonchev–Trinajstić information content (AvgIpc) is 3.76. The van der Waals surface area contributed by atoms with Crippen molar-refractivity contribution in [3.8, 4) is 0 Å². The van der Waals surface area contributed by atoms with Gasteiger partial charge >= 0.3 is 5.97 Å². The quantitative estimate of drug-likeness (QED) is 0.0336. The number of nitrogens with two attached hydrogens (primary N) is 5. The third kappa shape index (κ3) is 19.7. The molecule has 402 valence electrons. The molecule has 2 aromatic carbocycles. The molecule has 0 bridgehead atoms. The van der Waals surface area contributed by atoms with E-state index in [4.69, 9.17) is 28.7 Å². The number of carboxylic acids is 1. The van der Waals surface area contributed by atoms with Crippen molar-refractivity contribution in [1.82, 2.24) is 47.5 Å². The van der Waals surface area contributed by atoms with Crippen LogP contribution in [-0.2, 0) is 56.0 Å². The molecule has 0 aliphatic carbocycles. The van der Waals surface area contributed by atoms with E-state index in [1.807, 2.05) is 18.2 Å². The Labute approximate surface area is 427 Å². The number of para-hydroxylation sites is 1. The van der Waals surface area contributed by atoms with E-state index in [9.17, 15) is 48.3 Å². The summed E-state index contributed by atoms with van der Waals surface area (Å²) in [7, 11) is 0. The molecule has 74 heavy (non-hydrogen) atoms. The van der Waals surface area contributed by atoms with Crippen LogP contribution in [0.3, 0.4) is 0 Å². The maximum atomic E-state index is 14.5. The fourth-order valence-corrected chi connectivity index (χ4v) is 8.09. The average molecular weight is 1030 g/mol. The molecule has 26 nitrogen and oxygen atoms in total. The minimum atomic E-state index is -1.52. The maximum absolute atomic E-state index is 14.5. The number of aromatic amines is 1. The molecule has 8 amide bonds. The number of carboxylic acid groups (broad SMARTS) is 1. The Morgan fingerprint density at radius 3 is 1.95 bits per heavy atom. The highest BCUT2D eigenvalue weighted by Gasteiger charge is 2.35. The van der Waals surface area contributed by atoms with E-state index in [0.29, 0.717) is 11.1 Å². The molecule has 4 rings (SSSR count). The van der Waals surface area contributed by atoms with Crippen molar-refractivity contribution in [2.24, 2.45) is 38.7 Å². The molecule has 1 aliphatic rings. The summed E-state index contributed by atoms with van der Waals surface area (Å²) in [6.07, 6.45) is 0.924. The maximum Gasteiger partial charge on any atom is 0.326 e. The second kappa shape index (κ2) is 29.9. The van der Waals surface area contributed by atoms with Gasteiger partial charge in [0.05, 0.1) is 0 Å². The van der Waals surface area contributed by atoms with Crippen LogP contribution in [0.15, 0.2) is 70.8 Å². The molecule has 26 heteroatoms. The van der Waals surface area contributed by atoms with E-state index in [1.165, 1.54) is 6.92 Å². The third-order valence-electron chi connectivity index (χ3n) is 11.9. The van der Waals surface area contributed by atoms with Crippen LogP contribution in [0.2, 0.25) is 0 Å². The number of benzene rings is 2. The van der Waals surface area contributed by atoms with Crippen molar-refractivity contribution in [3.63, 3.8) is 0 Å². The molecule has 0 spiro atoms. The molecule has 7 atom stereocenters. The fourth-order valence-electron chi connectivity index (χ4n) is 8.09. The van der Waals surface area contributed by atoms with Crippen molar-refractivity contribution in [3.05, 3.63) is 71.9 Å². The van der Waals surface area contributed by atoms with Crippen LogP contribution in [0.5, 0.6) is 0 Å². The number of H-pyrrole nitrogens is 1. The largest absolute Gasteiger partial charge is 0.480 e. The number of aliphatic carboxylic acids is 1. The molecule has 1 aliphatic heterocycles. The van der Waals surface area contributed by atoms with Crippen LogP contribution in [-0.4, -0.2) is 144 Å². The number of hydrogen-bond donors (Lipinski definition) is 15. The number of guanidine groups is 2. The van der Waals surface area contributed by atoms with Gasteiger partial charge in [-0.05, 0) is 75.1 Å². The van der Waals surface area contributed by atoms with Gasteiger partial charge in [-0.25, -0.2) is 4.79 Å². The first kappa shape index (κ1) is 58.3. The van der Waals surface area contributed by atoms with Gasteiger partial charge in [-0.2, -0.15) is 0 Å².